The van der Waals surface area contributed by atoms with Crippen LogP contribution in [0.15, 0.2) is 23.5 Å². The third kappa shape index (κ3) is 3.89. The van der Waals surface area contributed by atoms with E-state index in [1.54, 1.807) is 13.3 Å². The third-order valence-electron chi connectivity index (χ3n) is 8.51. The Morgan fingerprint density at radius 2 is 2.24 bits per heavy atom. The fourth-order valence-electron chi connectivity index (χ4n) is 7.12. The second kappa shape index (κ2) is 8.95. The second-order valence-electron chi connectivity index (χ2n) is 10.3. The van der Waals surface area contributed by atoms with Gasteiger partial charge in [-0.25, -0.2) is 9.37 Å². The highest BCUT2D eigenvalue weighted by Crippen LogP contribution is 2.62. The Balaban J connectivity index is 1.39. The summed E-state index contributed by atoms with van der Waals surface area (Å²) in [6, 6.07) is 3.42. The molecule has 5 rings (SSSR count). The Morgan fingerprint density at radius 1 is 1.41 bits per heavy atom. The summed E-state index contributed by atoms with van der Waals surface area (Å²) in [6.07, 6.45) is 7.26. The van der Waals surface area contributed by atoms with Crippen molar-refractivity contribution in [1.82, 2.24) is 4.98 Å². The van der Waals surface area contributed by atoms with E-state index in [1.165, 1.54) is 17.4 Å². The highest BCUT2D eigenvalue weighted by molar-refractivity contribution is 7.15. The minimum Gasteiger partial charge on any atom is -0.505 e. The molecule has 6 nitrogen and oxygen atoms in total. The number of anilines is 1. The van der Waals surface area contributed by atoms with E-state index < -0.39 is 5.82 Å². The predicted octanol–water partition coefficient (Wildman–Crippen LogP) is 5.80. The summed E-state index contributed by atoms with van der Waals surface area (Å²) in [5.74, 6) is 0.629. The number of rotatable bonds is 5. The van der Waals surface area contributed by atoms with E-state index in [0.29, 0.717) is 41.3 Å². The number of carbonyl (C=O) groups excluding carboxylic acids is 1. The molecule has 1 aromatic carbocycles. The maximum absolute atomic E-state index is 14.7. The number of phenolic OH excluding ortho intramolecular Hbond substituents is 1. The lowest BCUT2D eigenvalue weighted by atomic mass is 9.54. The van der Waals surface area contributed by atoms with Crippen LogP contribution in [0.1, 0.15) is 67.4 Å². The van der Waals surface area contributed by atoms with Crippen molar-refractivity contribution in [1.29, 1.82) is 0 Å². The van der Waals surface area contributed by atoms with E-state index in [4.69, 9.17) is 4.84 Å². The third-order valence-corrected chi connectivity index (χ3v) is 9.34. The molecule has 1 heterocycles. The molecule has 182 valence electrons. The lowest BCUT2D eigenvalue weighted by Crippen LogP contribution is -2.44. The number of aromatic nitrogens is 1. The molecule has 5 atom stereocenters. The van der Waals surface area contributed by atoms with Gasteiger partial charge < -0.3 is 15.3 Å². The molecular formula is C26H32FN3O3S. The fourth-order valence-corrected chi connectivity index (χ4v) is 7.80. The molecule has 1 aromatic heterocycles. The van der Waals surface area contributed by atoms with Crippen molar-refractivity contribution >= 4 is 28.1 Å². The van der Waals surface area contributed by atoms with Gasteiger partial charge in [0, 0.05) is 22.9 Å². The van der Waals surface area contributed by atoms with Crippen LogP contribution in [0.3, 0.4) is 0 Å². The maximum atomic E-state index is 14.7. The Labute approximate surface area is 203 Å². The molecule has 2 N–H and O–H groups in total. The van der Waals surface area contributed by atoms with Gasteiger partial charge in [-0.3, -0.25) is 4.79 Å². The summed E-state index contributed by atoms with van der Waals surface area (Å²) in [4.78, 5) is 23.2. The van der Waals surface area contributed by atoms with Crippen molar-refractivity contribution in [2.75, 3.05) is 12.4 Å². The van der Waals surface area contributed by atoms with Crippen molar-refractivity contribution < 1.29 is 19.1 Å². The molecule has 2 aromatic rings. The zero-order chi connectivity index (χ0) is 24.0. The van der Waals surface area contributed by atoms with Crippen LogP contribution in [-0.2, 0) is 16.1 Å². The number of carbonyl (C=O) groups is 1. The van der Waals surface area contributed by atoms with Gasteiger partial charge in [-0.2, -0.15) is 0 Å². The highest BCUT2D eigenvalue weighted by atomic mass is 32.1. The minimum atomic E-state index is -0.456. The van der Waals surface area contributed by atoms with Crippen molar-refractivity contribution in [2.24, 2.45) is 28.3 Å². The van der Waals surface area contributed by atoms with Crippen LogP contribution in [-0.4, -0.2) is 28.8 Å². The molecule has 1 amide bonds. The van der Waals surface area contributed by atoms with Gasteiger partial charge in [0.15, 0.2) is 16.7 Å². The molecule has 0 bridgehead atoms. The molecule has 34 heavy (non-hydrogen) atoms. The number of amides is 1. The number of aryl methyl sites for hydroxylation is 1. The van der Waals surface area contributed by atoms with Crippen LogP contribution in [0.25, 0.3) is 0 Å². The Morgan fingerprint density at radius 3 is 2.97 bits per heavy atom. The van der Waals surface area contributed by atoms with Crippen LogP contribution < -0.4 is 5.32 Å². The molecule has 3 unspecified atom stereocenters. The number of thiazole rings is 1. The van der Waals surface area contributed by atoms with Gasteiger partial charge in [0.1, 0.15) is 7.11 Å². The number of fused-ring (bicyclic) bond motifs is 5. The summed E-state index contributed by atoms with van der Waals surface area (Å²) in [5, 5.41) is 17.9. The number of aromatic hydroxyl groups is 1. The van der Waals surface area contributed by atoms with Gasteiger partial charge >= 0.3 is 0 Å². The van der Waals surface area contributed by atoms with Gasteiger partial charge in [-0.15, -0.1) is 11.3 Å². The minimum absolute atomic E-state index is 0.00733. The lowest BCUT2D eigenvalue weighted by Gasteiger charge is -2.50. The summed E-state index contributed by atoms with van der Waals surface area (Å²) < 4.78 is 14.7. The molecule has 3 aliphatic carbocycles. The lowest BCUT2D eigenvalue weighted by molar-refractivity contribution is -0.116. The van der Waals surface area contributed by atoms with Crippen LogP contribution in [0.5, 0.6) is 5.75 Å². The topological polar surface area (TPSA) is 83.8 Å². The molecule has 2 fully saturated rings. The Hall–Kier alpha value is -2.48. The molecule has 2 saturated carbocycles. The normalized spacial score (nSPS) is 31.0. The van der Waals surface area contributed by atoms with E-state index >= 15 is 0 Å². The first-order chi connectivity index (χ1) is 16.3. The number of phenols is 1. The molecule has 0 spiro atoms. The first kappa shape index (κ1) is 23.3. The van der Waals surface area contributed by atoms with Crippen molar-refractivity contribution in [2.45, 2.75) is 64.7 Å². The number of nitrogens with zero attached hydrogens (tertiary/aromatic N) is 2. The van der Waals surface area contributed by atoms with Gasteiger partial charge in [-0.1, -0.05) is 18.1 Å². The van der Waals surface area contributed by atoms with E-state index in [1.807, 2.05) is 13.0 Å². The molecule has 8 heteroatoms. The molecule has 0 radical (unpaired) electrons. The molecular weight excluding hydrogens is 453 g/mol. The summed E-state index contributed by atoms with van der Waals surface area (Å²) in [6.45, 7) is 4.27. The largest absolute Gasteiger partial charge is 0.505 e. The number of halogens is 1. The Kier molecular flexibility index (Phi) is 6.12. The van der Waals surface area contributed by atoms with E-state index in [0.717, 1.165) is 48.3 Å². The zero-order valence-electron chi connectivity index (χ0n) is 19.9. The number of benzene rings is 1. The first-order valence-electron chi connectivity index (χ1n) is 12.1. The van der Waals surface area contributed by atoms with Crippen molar-refractivity contribution in [3.05, 3.63) is 40.2 Å². The van der Waals surface area contributed by atoms with Gasteiger partial charge in [0.25, 0.3) is 0 Å². The second-order valence-corrected chi connectivity index (χ2v) is 11.5. The molecule has 0 saturated heterocycles. The fraction of sp³-hybridized carbons (Fsp3) is 0.577. The monoisotopic (exact) mass is 485 g/mol. The van der Waals surface area contributed by atoms with Crippen LogP contribution in [0, 0.1) is 35.9 Å². The summed E-state index contributed by atoms with van der Waals surface area (Å²) >= 11 is 1.48. The van der Waals surface area contributed by atoms with Crippen molar-refractivity contribution in [3.8, 4) is 5.75 Å². The number of hydrogen-bond donors (Lipinski definition) is 2. The van der Waals surface area contributed by atoms with Gasteiger partial charge in [0.2, 0.25) is 5.91 Å². The maximum Gasteiger partial charge on any atom is 0.226 e. The average Bonchev–Trinajstić information content (AvgIpc) is 3.34. The van der Waals surface area contributed by atoms with Crippen LogP contribution in [0.2, 0.25) is 0 Å². The predicted molar refractivity (Wildman–Crippen MR) is 131 cm³/mol. The molecule has 3 aliphatic rings. The number of hydrogen-bond acceptors (Lipinski definition) is 6. The number of oxime groups is 1. The van der Waals surface area contributed by atoms with Crippen molar-refractivity contribution in [3.63, 3.8) is 0 Å². The molecule has 0 aliphatic heterocycles. The first-order valence-corrected chi connectivity index (χ1v) is 13.0. The quantitative estimate of drug-likeness (QED) is 0.524. The zero-order valence-corrected chi connectivity index (χ0v) is 20.8. The highest BCUT2D eigenvalue weighted by Gasteiger charge is 2.57. The SMILES string of the molecule is CO/N=C1\C[C@@H](CCC(=O)Nc2ncc(C)s2)C2C3CCc4c(ccc(O)c4F)C3CC[C@]12C. The van der Waals surface area contributed by atoms with Crippen LogP contribution >= 0.6 is 11.3 Å². The standard InChI is InChI=1S/C26H32FN3O3S/c1-14-13-28-25(34-14)29-22(32)9-4-15-12-21(30-33-3)26(2)11-10-17-16-7-8-20(31)24(27)19(16)6-5-18(17)23(15)26/h7-8,13,15,17-18,23,31H,4-6,9-12H2,1-3H3,(H,28,29,32)/b30-21+/t15-,17?,18?,23?,26-/m1/s1. The number of nitrogens with one attached hydrogen (secondary N) is 1. The van der Waals surface area contributed by atoms with Gasteiger partial charge in [0.05, 0.1) is 5.71 Å². The van der Waals surface area contributed by atoms with Crippen LogP contribution in [0.4, 0.5) is 9.52 Å². The summed E-state index contributed by atoms with van der Waals surface area (Å²) in [5.41, 5.74) is 2.77. The van der Waals surface area contributed by atoms with Gasteiger partial charge in [-0.05, 0) is 86.3 Å². The smallest absolute Gasteiger partial charge is 0.226 e. The van der Waals surface area contributed by atoms with E-state index in [9.17, 15) is 14.3 Å². The average molecular weight is 486 g/mol. The van der Waals surface area contributed by atoms with E-state index in [-0.39, 0.29) is 23.0 Å². The van der Waals surface area contributed by atoms with E-state index in [2.05, 4.69) is 22.4 Å². The summed E-state index contributed by atoms with van der Waals surface area (Å²) in [7, 11) is 1.60. The Bertz CT molecular complexity index is 1130.